The van der Waals surface area contributed by atoms with Crippen LogP contribution >= 0.6 is 34.2 Å². The number of ether oxygens (including phenoxy) is 1. The minimum atomic E-state index is -0.754. The van der Waals surface area contributed by atoms with E-state index in [1.807, 2.05) is 12.1 Å². The summed E-state index contributed by atoms with van der Waals surface area (Å²) in [7, 11) is 0. The van der Waals surface area contributed by atoms with Crippen molar-refractivity contribution in [3.8, 4) is 5.75 Å². The maximum atomic E-state index is 13.3. The van der Waals surface area contributed by atoms with E-state index in [1.54, 1.807) is 18.2 Å². The molecule has 0 spiro atoms. The number of para-hydroxylation sites is 1. The van der Waals surface area contributed by atoms with Crippen LogP contribution in [0.1, 0.15) is 0 Å². The largest absolute Gasteiger partial charge is 0.488 e. The molecule has 0 fully saturated rings. The Bertz CT molecular complexity index is 612. The van der Waals surface area contributed by atoms with Crippen molar-refractivity contribution in [2.45, 2.75) is 6.10 Å². The van der Waals surface area contributed by atoms with E-state index in [-0.39, 0.29) is 12.4 Å². The van der Waals surface area contributed by atoms with Crippen molar-refractivity contribution in [3.63, 3.8) is 0 Å². The van der Waals surface area contributed by atoms with Crippen molar-refractivity contribution in [2.24, 2.45) is 0 Å². The Morgan fingerprint density at radius 3 is 2.76 bits per heavy atom. The van der Waals surface area contributed by atoms with Gasteiger partial charge in [-0.3, -0.25) is 0 Å². The molecule has 0 aromatic heterocycles. The third-order valence-electron chi connectivity index (χ3n) is 2.73. The number of benzene rings is 2. The molecule has 0 radical (unpaired) electrons. The van der Waals surface area contributed by atoms with Gasteiger partial charge in [0.1, 0.15) is 12.7 Å². The van der Waals surface area contributed by atoms with E-state index < -0.39 is 11.9 Å². The normalized spacial score (nSPS) is 12.0. The Morgan fingerprint density at radius 1 is 1.29 bits per heavy atom. The van der Waals surface area contributed by atoms with Gasteiger partial charge in [-0.25, -0.2) is 4.39 Å². The van der Waals surface area contributed by atoms with Crippen molar-refractivity contribution in [3.05, 3.63) is 56.9 Å². The van der Waals surface area contributed by atoms with Gasteiger partial charge < -0.3 is 15.2 Å². The molecule has 6 heteroatoms. The van der Waals surface area contributed by atoms with Gasteiger partial charge in [0.25, 0.3) is 0 Å². The molecule has 0 aliphatic carbocycles. The van der Waals surface area contributed by atoms with Gasteiger partial charge in [-0.05, 0) is 52.9 Å². The smallest absolute Gasteiger partial charge is 0.165 e. The number of aliphatic hydroxyl groups excluding tert-OH is 1. The Hall–Kier alpha value is -1.05. The Morgan fingerprint density at radius 2 is 2.05 bits per heavy atom. The van der Waals surface area contributed by atoms with E-state index in [9.17, 15) is 9.50 Å². The maximum Gasteiger partial charge on any atom is 0.165 e. The number of hydrogen-bond donors (Lipinski definition) is 2. The summed E-state index contributed by atoms with van der Waals surface area (Å²) in [5, 5.41) is 13.6. The molecule has 0 bridgehead atoms. The van der Waals surface area contributed by atoms with Crippen molar-refractivity contribution < 1.29 is 14.2 Å². The predicted octanol–water partition coefficient (Wildman–Crippen LogP) is 3.94. The molecule has 0 heterocycles. The zero-order valence-electron chi connectivity index (χ0n) is 11.0. The standard InChI is InChI=1S/C15H14ClFINO2/c16-10-5-6-14(13(18)7-10)19-8-11(20)9-21-15-4-2-1-3-12(15)17/h1-7,11,19-20H,8-9H2. The summed E-state index contributed by atoms with van der Waals surface area (Å²) in [6, 6.07) is 11.5. The summed E-state index contributed by atoms with van der Waals surface area (Å²) >= 11 is 8.03. The van der Waals surface area contributed by atoms with Crippen LogP contribution in [0.3, 0.4) is 0 Å². The lowest BCUT2D eigenvalue weighted by molar-refractivity contribution is 0.115. The van der Waals surface area contributed by atoms with Gasteiger partial charge in [-0.1, -0.05) is 23.7 Å². The number of aliphatic hydroxyl groups is 1. The first-order valence-electron chi connectivity index (χ1n) is 6.30. The molecule has 0 aliphatic rings. The summed E-state index contributed by atoms with van der Waals surface area (Å²) in [5.41, 5.74) is 0.880. The lowest BCUT2D eigenvalue weighted by Gasteiger charge is -2.15. The second-order valence-electron chi connectivity index (χ2n) is 4.40. The van der Waals surface area contributed by atoms with Crippen LogP contribution in [0.15, 0.2) is 42.5 Å². The first-order chi connectivity index (χ1) is 10.1. The first-order valence-corrected chi connectivity index (χ1v) is 7.76. The third kappa shape index (κ3) is 5.01. The van der Waals surface area contributed by atoms with Crippen molar-refractivity contribution in [1.29, 1.82) is 0 Å². The number of nitrogens with one attached hydrogen (secondary N) is 1. The second-order valence-corrected chi connectivity index (χ2v) is 6.00. The summed E-state index contributed by atoms with van der Waals surface area (Å²) in [6.45, 7) is 0.310. The van der Waals surface area contributed by atoms with Crippen LogP contribution in [0.25, 0.3) is 0 Å². The molecule has 2 rings (SSSR count). The molecule has 1 atom stereocenters. The van der Waals surface area contributed by atoms with E-state index in [2.05, 4.69) is 27.9 Å². The minimum Gasteiger partial charge on any atom is -0.488 e. The molecule has 2 aromatic rings. The number of hydrogen-bond acceptors (Lipinski definition) is 3. The number of halogens is 3. The second kappa shape index (κ2) is 7.82. The molecule has 112 valence electrons. The van der Waals surface area contributed by atoms with E-state index in [0.29, 0.717) is 11.6 Å². The van der Waals surface area contributed by atoms with Crippen LogP contribution in [0.2, 0.25) is 5.02 Å². The quantitative estimate of drug-likeness (QED) is 0.695. The van der Waals surface area contributed by atoms with E-state index in [0.717, 1.165) is 9.26 Å². The summed E-state index contributed by atoms with van der Waals surface area (Å²) in [4.78, 5) is 0. The van der Waals surface area contributed by atoms with Crippen molar-refractivity contribution in [1.82, 2.24) is 0 Å². The van der Waals surface area contributed by atoms with Gasteiger partial charge in [0.15, 0.2) is 11.6 Å². The molecule has 2 aromatic carbocycles. The highest BCUT2D eigenvalue weighted by Gasteiger charge is 2.09. The van der Waals surface area contributed by atoms with Crippen LogP contribution in [0.5, 0.6) is 5.75 Å². The highest BCUT2D eigenvalue weighted by atomic mass is 127. The van der Waals surface area contributed by atoms with Crippen LogP contribution in [0, 0.1) is 9.39 Å². The Kier molecular flexibility index (Phi) is 6.08. The molecule has 0 saturated heterocycles. The van der Waals surface area contributed by atoms with E-state index >= 15 is 0 Å². The zero-order valence-corrected chi connectivity index (χ0v) is 13.9. The van der Waals surface area contributed by atoms with Gasteiger partial charge in [0, 0.05) is 20.8 Å². The van der Waals surface area contributed by atoms with Gasteiger partial charge in [0.05, 0.1) is 0 Å². The fraction of sp³-hybridized carbons (Fsp3) is 0.200. The molecule has 0 saturated carbocycles. The molecule has 1 unspecified atom stereocenters. The monoisotopic (exact) mass is 421 g/mol. The van der Waals surface area contributed by atoms with E-state index in [4.69, 9.17) is 16.3 Å². The SMILES string of the molecule is OC(CNc1ccc(Cl)cc1I)COc1ccccc1F. The van der Waals surface area contributed by atoms with Crippen LogP contribution in [-0.2, 0) is 0 Å². The van der Waals surface area contributed by atoms with Gasteiger partial charge in [0.2, 0.25) is 0 Å². The molecular weight excluding hydrogens is 408 g/mol. The Balaban J connectivity index is 1.82. The number of anilines is 1. The van der Waals surface area contributed by atoms with Gasteiger partial charge in [-0.15, -0.1) is 0 Å². The topological polar surface area (TPSA) is 41.5 Å². The molecule has 0 aliphatic heterocycles. The van der Waals surface area contributed by atoms with Crippen molar-refractivity contribution >= 4 is 39.9 Å². The number of rotatable bonds is 6. The van der Waals surface area contributed by atoms with Gasteiger partial charge >= 0.3 is 0 Å². The highest BCUT2D eigenvalue weighted by Crippen LogP contribution is 2.22. The lowest BCUT2D eigenvalue weighted by atomic mass is 10.3. The van der Waals surface area contributed by atoms with E-state index in [1.165, 1.54) is 12.1 Å². The zero-order chi connectivity index (χ0) is 15.2. The molecule has 21 heavy (non-hydrogen) atoms. The molecule has 3 nitrogen and oxygen atoms in total. The fourth-order valence-corrected chi connectivity index (χ4v) is 2.73. The van der Waals surface area contributed by atoms with Crippen LogP contribution in [0.4, 0.5) is 10.1 Å². The molecular formula is C15H14ClFINO2. The van der Waals surface area contributed by atoms with Gasteiger partial charge in [-0.2, -0.15) is 0 Å². The first kappa shape index (κ1) is 16.3. The average molecular weight is 422 g/mol. The van der Waals surface area contributed by atoms with Crippen LogP contribution < -0.4 is 10.1 Å². The van der Waals surface area contributed by atoms with Crippen LogP contribution in [-0.4, -0.2) is 24.4 Å². The average Bonchev–Trinajstić information content (AvgIpc) is 2.45. The molecule has 0 amide bonds. The summed E-state index contributed by atoms with van der Waals surface area (Å²) < 4.78 is 19.6. The van der Waals surface area contributed by atoms with Crippen molar-refractivity contribution in [2.75, 3.05) is 18.5 Å². The minimum absolute atomic E-state index is 0.0120. The third-order valence-corrected chi connectivity index (χ3v) is 3.85. The lowest BCUT2D eigenvalue weighted by Crippen LogP contribution is -2.26. The predicted molar refractivity (Wildman–Crippen MR) is 90.6 cm³/mol. The Labute approximate surface area is 141 Å². The summed E-state index contributed by atoms with van der Waals surface area (Å²) in [5.74, 6) is -0.303. The molecule has 2 N–H and O–H groups in total. The maximum absolute atomic E-state index is 13.3. The summed E-state index contributed by atoms with van der Waals surface area (Å²) in [6.07, 6.45) is -0.754. The highest BCUT2D eigenvalue weighted by molar-refractivity contribution is 14.1. The fourth-order valence-electron chi connectivity index (χ4n) is 1.67.